The van der Waals surface area contributed by atoms with Gasteiger partial charge in [-0.15, -0.1) is 0 Å². The number of rotatable bonds is 8. The van der Waals surface area contributed by atoms with Gasteiger partial charge < -0.3 is 14.4 Å². The van der Waals surface area contributed by atoms with Gasteiger partial charge >= 0.3 is 0 Å². The summed E-state index contributed by atoms with van der Waals surface area (Å²) < 4.78 is 24.7. The molecule has 0 aromatic heterocycles. The second-order valence-corrected chi connectivity index (χ2v) is 8.18. The van der Waals surface area contributed by atoms with Gasteiger partial charge in [0.2, 0.25) is 0 Å². The Balaban J connectivity index is 1.69. The summed E-state index contributed by atoms with van der Waals surface area (Å²) >= 11 is 0. The SMILES string of the molecule is COc1cc(CC(C)=O)ccc1OCN1C[C@H](C)N(Cc2ccc(F)cc2)C(=C=O)[C@H]1C. The van der Waals surface area contributed by atoms with Crippen molar-refractivity contribution in [2.24, 2.45) is 0 Å². The van der Waals surface area contributed by atoms with Crippen molar-refractivity contribution in [3.8, 4) is 11.5 Å². The molecule has 32 heavy (non-hydrogen) atoms. The second-order valence-electron chi connectivity index (χ2n) is 8.18. The largest absolute Gasteiger partial charge is 0.493 e. The number of halogens is 1. The Kier molecular flexibility index (Phi) is 7.67. The maximum Gasteiger partial charge on any atom is 0.163 e. The Morgan fingerprint density at radius 1 is 1.12 bits per heavy atom. The molecule has 0 radical (unpaired) electrons. The molecule has 1 aliphatic rings. The molecule has 2 aromatic carbocycles. The molecule has 170 valence electrons. The van der Waals surface area contributed by atoms with Gasteiger partial charge in [-0.1, -0.05) is 18.2 Å². The molecule has 0 N–H and O–H groups in total. The van der Waals surface area contributed by atoms with E-state index < -0.39 is 0 Å². The third kappa shape index (κ3) is 5.55. The van der Waals surface area contributed by atoms with Gasteiger partial charge in [-0.3, -0.25) is 9.69 Å². The Morgan fingerprint density at radius 3 is 2.44 bits per heavy atom. The molecule has 1 heterocycles. The normalized spacial score (nSPS) is 18.9. The molecule has 7 heteroatoms. The van der Waals surface area contributed by atoms with E-state index in [9.17, 15) is 14.0 Å². The fourth-order valence-corrected chi connectivity index (χ4v) is 3.96. The fraction of sp³-hybridized carbons (Fsp3) is 0.400. The summed E-state index contributed by atoms with van der Waals surface area (Å²) in [5.74, 6) is 3.04. The van der Waals surface area contributed by atoms with E-state index in [-0.39, 0.29) is 30.4 Å². The molecule has 0 aliphatic carbocycles. The van der Waals surface area contributed by atoms with Gasteiger partial charge in [0.05, 0.1) is 13.2 Å². The van der Waals surface area contributed by atoms with Crippen molar-refractivity contribution in [1.82, 2.24) is 9.80 Å². The van der Waals surface area contributed by atoms with Crippen molar-refractivity contribution in [3.05, 3.63) is 65.1 Å². The van der Waals surface area contributed by atoms with Crippen molar-refractivity contribution in [3.63, 3.8) is 0 Å². The van der Waals surface area contributed by atoms with Crippen LogP contribution in [0.2, 0.25) is 0 Å². The highest BCUT2D eigenvalue weighted by Crippen LogP contribution is 2.30. The highest BCUT2D eigenvalue weighted by atomic mass is 19.1. The molecule has 1 aliphatic heterocycles. The van der Waals surface area contributed by atoms with Gasteiger partial charge in [-0.25, -0.2) is 9.18 Å². The summed E-state index contributed by atoms with van der Waals surface area (Å²) in [6.45, 7) is 6.99. The molecule has 0 amide bonds. The predicted octanol–water partition coefficient (Wildman–Crippen LogP) is 3.61. The van der Waals surface area contributed by atoms with Gasteiger partial charge in [0.1, 0.15) is 30.0 Å². The van der Waals surface area contributed by atoms with Crippen LogP contribution >= 0.6 is 0 Å². The molecule has 1 fully saturated rings. The standard InChI is InChI=1S/C25H29FN2O4/c1-17-13-27(16-32-24-10-7-21(11-18(2)30)12-25(24)31-4)19(3)23(15-29)28(17)14-20-5-8-22(26)9-6-20/h5-10,12,17,19H,11,13-14,16H2,1-4H3/t17-,19+/m0/s1. The van der Waals surface area contributed by atoms with E-state index in [1.165, 1.54) is 12.1 Å². The van der Waals surface area contributed by atoms with Crippen LogP contribution in [-0.4, -0.2) is 54.0 Å². The lowest BCUT2D eigenvalue weighted by atomic mass is 10.0. The maximum absolute atomic E-state index is 13.2. The molecule has 1 saturated heterocycles. The van der Waals surface area contributed by atoms with Crippen LogP contribution in [0, 0.1) is 5.82 Å². The molecule has 3 rings (SSSR count). The Bertz CT molecular complexity index is 1000. The number of ketones is 1. The van der Waals surface area contributed by atoms with Gasteiger partial charge in [-0.2, -0.15) is 0 Å². The molecule has 2 atom stereocenters. The third-order valence-corrected chi connectivity index (χ3v) is 5.72. The predicted molar refractivity (Wildman–Crippen MR) is 120 cm³/mol. The van der Waals surface area contributed by atoms with E-state index in [0.717, 1.165) is 11.1 Å². The van der Waals surface area contributed by atoms with Crippen molar-refractivity contribution in [1.29, 1.82) is 0 Å². The lowest BCUT2D eigenvalue weighted by molar-refractivity contribution is -0.116. The maximum atomic E-state index is 13.2. The number of hydrogen-bond donors (Lipinski definition) is 0. The summed E-state index contributed by atoms with van der Waals surface area (Å²) in [5.41, 5.74) is 2.34. The monoisotopic (exact) mass is 440 g/mol. The molecule has 0 spiro atoms. The van der Waals surface area contributed by atoms with Crippen LogP contribution in [0.1, 0.15) is 31.9 Å². The number of carbonyl (C=O) groups excluding carboxylic acids is 2. The van der Waals surface area contributed by atoms with E-state index >= 15 is 0 Å². The van der Waals surface area contributed by atoms with Crippen LogP contribution in [0.25, 0.3) is 0 Å². The first-order valence-corrected chi connectivity index (χ1v) is 10.6. The fourth-order valence-electron chi connectivity index (χ4n) is 3.96. The Labute approximate surface area is 188 Å². The summed E-state index contributed by atoms with van der Waals surface area (Å²) in [6, 6.07) is 11.6. The summed E-state index contributed by atoms with van der Waals surface area (Å²) in [5, 5.41) is 0. The van der Waals surface area contributed by atoms with Crippen molar-refractivity contribution in [2.45, 2.75) is 45.8 Å². The first-order valence-electron chi connectivity index (χ1n) is 10.6. The molecule has 0 saturated carbocycles. The highest BCUT2D eigenvalue weighted by Gasteiger charge is 2.34. The number of piperazine rings is 1. The van der Waals surface area contributed by atoms with Crippen molar-refractivity contribution < 1.29 is 23.5 Å². The number of benzene rings is 2. The van der Waals surface area contributed by atoms with Crippen LogP contribution in [-0.2, 0) is 22.6 Å². The van der Waals surface area contributed by atoms with E-state index in [4.69, 9.17) is 9.47 Å². The topological polar surface area (TPSA) is 59.1 Å². The smallest absolute Gasteiger partial charge is 0.163 e. The van der Waals surface area contributed by atoms with Crippen molar-refractivity contribution >= 4 is 11.7 Å². The zero-order chi connectivity index (χ0) is 23.3. The average Bonchev–Trinajstić information content (AvgIpc) is 2.76. The number of carbonyl (C=O) groups is 1. The molecule has 0 bridgehead atoms. The number of methoxy groups -OCH3 is 1. The van der Waals surface area contributed by atoms with Crippen LogP contribution < -0.4 is 9.47 Å². The van der Waals surface area contributed by atoms with E-state index in [1.807, 2.05) is 24.8 Å². The van der Waals surface area contributed by atoms with Crippen LogP contribution in [0.15, 0.2) is 48.2 Å². The summed E-state index contributed by atoms with van der Waals surface area (Å²) in [6.07, 6.45) is 0.342. The minimum absolute atomic E-state index is 0.0381. The van der Waals surface area contributed by atoms with Crippen molar-refractivity contribution in [2.75, 3.05) is 20.4 Å². The first kappa shape index (κ1) is 23.5. The molecular weight excluding hydrogens is 411 g/mol. The van der Waals surface area contributed by atoms with Gasteiger partial charge in [0.25, 0.3) is 0 Å². The second kappa shape index (κ2) is 10.4. The minimum atomic E-state index is -0.284. The first-order chi connectivity index (χ1) is 15.3. The highest BCUT2D eigenvalue weighted by molar-refractivity contribution is 5.78. The Morgan fingerprint density at radius 2 is 1.81 bits per heavy atom. The average molecular weight is 441 g/mol. The third-order valence-electron chi connectivity index (χ3n) is 5.72. The van der Waals surface area contributed by atoms with Crippen LogP contribution in [0.4, 0.5) is 4.39 Å². The van der Waals surface area contributed by atoms with Crippen LogP contribution in [0.3, 0.4) is 0 Å². The van der Waals surface area contributed by atoms with Gasteiger partial charge in [-0.05, 0) is 56.2 Å². The number of ether oxygens (including phenoxy) is 2. The minimum Gasteiger partial charge on any atom is -0.493 e. The zero-order valence-electron chi connectivity index (χ0n) is 18.9. The number of nitrogens with zero attached hydrogens (tertiary/aromatic N) is 2. The number of Topliss-reactive ketones (excluding diaryl/α,β-unsaturated/α-hetero) is 1. The quantitative estimate of drug-likeness (QED) is 0.585. The molecular formula is C25H29FN2O4. The summed E-state index contributed by atoms with van der Waals surface area (Å²) in [7, 11) is 1.56. The lowest BCUT2D eigenvalue weighted by Gasteiger charge is -2.45. The molecule has 0 unspecified atom stereocenters. The zero-order valence-corrected chi connectivity index (χ0v) is 18.9. The van der Waals surface area contributed by atoms with Gasteiger partial charge in [0, 0.05) is 25.6 Å². The molecule has 6 nitrogen and oxygen atoms in total. The van der Waals surface area contributed by atoms with E-state index in [0.29, 0.717) is 36.7 Å². The molecule has 2 aromatic rings. The number of hydrogen-bond acceptors (Lipinski definition) is 6. The lowest BCUT2D eigenvalue weighted by Crippen LogP contribution is -2.55. The summed E-state index contributed by atoms with van der Waals surface area (Å²) in [4.78, 5) is 27.3. The van der Waals surface area contributed by atoms with E-state index in [1.54, 1.807) is 38.3 Å². The van der Waals surface area contributed by atoms with E-state index in [2.05, 4.69) is 10.8 Å². The Hall–Kier alpha value is -3.15. The van der Waals surface area contributed by atoms with Gasteiger partial charge in [0.15, 0.2) is 11.5 Å². The van der Waals surface area contributed by atoms with Crippen LogP contribution in [0.5, 0.6) is 11.5 Å².